The molecule has 0 spiro atoms. The molecule has 2 N–H and O–H groups in total. The number of hydrogen-bond donors (Lipinski definition) is 2. The maximum atomic E-state index is 12.0. The van der Waals surface area contributed by atoms with Crippen molar-refractivity contribution < 1.29 is 19.4 Å². The van der Waals surface area contributed by atoms with Gasteiger partial charge < -0.3 is 15.2 Å². The van der Waals surface area contributed by atoms with Gasteiger partial charge in [-0.1, -0.05) is 13.8 Å². The largest absolute Gasteiger partial charge is 0.477 e. The molecule has 1 heterocycles. The van der Waals surface area contributed by atoms with Gasteiger partial charge in [0.1, 0.15) is 5.69 Å². The van der Waals surface area contributed by atoms with Gasteiger partial charge in [-0.3, -0.25) is 4.79 Å². The Morgan fingerprint density at radius 1 is 1.43 bits per heavy atom. The molecule has 1 amide bonds. The predicted octanol–water partition coefficient (Wildman–Crippen LogP) is 1.96. The lowest BCUT2D eigenvalue weighted by atomic mass is 10.0. The lowest BCUT2D eigenvalue weighted by Crippen LogP contribution is -2.30. The molecular weight excluding hydrogens is 272 g/mol. The fourth-order valence-corrected chi connectivity index (χ4v) is 1.94. The van der Waals surface area contributed by atoms with Crippen LogP contribution in [0.5, 0.6) is 0 Å². The highest BCUT2D eigenvalue weighted by molar-refractivity contribution is 5.96. The molecule has 0 saturated carbocycles. The van der Waals surface area contributed by atoms with E-state index in [1.54, 1.807) is 0 Å². The zero-order valence-electron chi connectivity index (χ0n) is 12.6. The van der Waals surface area contributed by atoms with Gasteiger partial charge in [-0.25, -0.2) is 9.78 Å². The van der Waals surface area contributed by atoms with Crippen LogP contribution in [-0.4, -0.2) is 41.2 Å². The van der Waals surface area contributed by atoms with Crippen LogP contribution in [0.2, 0.25) is 0 Å². The number of amides is 1. The number of carbonyl (C=O) groups excluding carboxylic acids is 1. The van der Waals surface area contributed by atoms with Crippen molar-refractivity contribution in [1.29, 1.82) is 0 Å². The molecule has 0 radical (unpaired) electrons. The molecule has 1 unspecified atom stereocenters. The van der Waals surface area contributed by atoms with Gasteiger partial charge in [0.2, 0.25) is 0 Å². The number of aromatic carboxylic acids is 1. The van der Waals surface area contributed by atoms with Gasteiger partial charge >= 0.3 is 5.97 Å². The Morgan fingerprint density at radius 2 is 2.14 bits per heavy atom. The number of hydrogen-bond acceptors (Lipinski definition) is 4. The number of carboxylic acid groups (broad SMARTS) is 1. The summed E-state index contributed by atoms with van der Waals surface area (Å²) in [6.07, 6.45) is 2.13. The van der Waals surface area contributed by atoms with E-state index in [1.807, 2.05) is 6.92 Å². The Labute approximate surface area is 124 Å². The molecule has 0 aliphatic rings. The molecule has 1 atom stereocenters. The van der Waals surface area contributed by atoms with Crippen LogP contribution < -0.4 is 5.32 Å². The average molecular weight is 294 g/mol. The smallest absolute Gasteiger partial charge is 0.354 e. The molecule has 6 nitrogen and oxygen atoms in total. The third-order valence-corrected chi connectivity index (χ3v) is 3.08. The fourth-order valence-electron chi connectivity index (χ4n) is 1.94. The number of pyridine rings is 1. The first-order valence-electron chi connectivity index (χ1n) is 7.04. The highest BCUT2D eigenvalue weighted by Crippen LogP contribution is 2.10. The third kappa shape index (κ3) is 5.51. The Kier molecular flexibility index (Phi) is 6.81. The van der Waals surface area contributed by atoms with Crippen LogP contribution in [0.4, 0.5) is 0 Å². The topological polar surface area (TPSA) is 88.5 Å². The number of rotatable bonds is 8. The van der Waals surface area contributed by atoms with Crippen molar-refractivity contribution in [3.63, 3.8) is 0 Å². The second-order valence-corrected chi connectivity index (χ2v) is 5.02. The van der Waals surface area contributed by atoms with Crippen molar-refractivity contribution in [3.05, 3.63) is 29.6 Å². The van der Waals surface area contributed by atoms with Crippen LogP contribution in [0.15, 0.2) is 18.3 Å². The monoisotopic (exact) mass is 294 g/mol. The van der Waals surface area contributed by atoms with Crippen molar-refractivity contribution in [3.8, 4) is 0 Å². The number of nitrogens with one attached hydrogen (secondary N) is 1. The number of carboxylic acids is 1. The van der Waals surface area contributed by atoms with Crippen molar-refractivity contribution in [1.82, 2.24) is 10.3 Å². The number of nitrogens with zero attached hydrogens (tertiary/aromatic N) is 1. The van der Waals surface area contributed by atoms with Gasteiger partial charge in [0.15, 0.2) is 0 Å². The van der Waals surface area contributed by atoms with E-state index in [0.717, 1.165) is 0 Å². The first kappa shape index (κ1) is 17.1. The Balaban J connectivity index is 2.54. The molecule has 116 valence electrons. The molecule has 1 aromatic rings. The summed E-state index contributed by atoms with van der Waals surface area (Å²) < 4.78 is 5.60. The average Bonchev–Trinajstić information content (AvgIpc) is 2.46. The molecule has 6 heteroatoms. The van der Waals surface area contributed by atoms with E-state index in [2.05, 4.69) is 24.1 Å². The molecule has 0 bridgehead atoms. The number of carbonyl (C=O) groups is 2. The highest BCUT2D eigenvalue weighted by Gasteiger charge is 2.14. The summed E-state index contributed by atoms with van der Waals surface area (Å²) in [5.74, 6) is -1.08. The normalized spacial score (nSPS) is 12.2. The molecule has 1 aromatic heterocycles. The Bertz CT molecular complexity index is 488. The number of aromatic nitrogens is 1. The van der Waals surface area contributed by atoms with Gasteiger partial charge in [-0.15, -0.1) is 0 Å². The second-order valence-electron chi connectivity index (χ2n) is 5.02. The summed E-state index contributed by atoms with van der Waals surface area (Å²) in [5.41, 5.74) is 0.150. The van der Waals surface area contributed by atoms with E-state index in [0.29, 0.717) is 31.1 Å². The number of ether oxygens (including phenoxy) is 1. The lowest BCUT2D eigenvalue weighted by Gasteiger charge is -2.20. The Hall–Kier alpha value is -1.95. The van der Waals surface area contributed by atoms with E-state index in [1.165, 1.54) is 18.3 Å². The second kappa shape index (κ2) is 8.36. The van der Waals surface area contributed by atoms with Crippen molar-refractivity contribution in [2.45, 2.75) is 33.3 Å². The summed E-state index contributed by atoms with van der Waals surface area (Å²) in [4.78, 5) is 26.4. The molecule has 0 aliphatic carbocycles. The molecule has 0 fully saturated rings. The first-order chi connectivity index (χ1) is 9.95. The van der Waals surface area contributed by atoms with E-state index >= 15 is 0 Å². The van der Waals surface area contributed by atoms with Crippen LogP contribution in [-0.2, 0) is 4.74 Å². The summed E-state index contributed by atoms with van der Waals surface area (Å²) in [6.45, 7) is 7.21. The van der Waals surface area contributed by atoms with Crippen LogP contribution in [0.1, 0.15) is 48.0 Å². The van der Waals surface area contributed by atoms with Crippen LogP contribution in [0.3, 0.4) is 0 Å². The van der Waals surface area contributed by atoms with E-state index < -0.39 is 5.97 Å². The summed E-state index contributed by atoms with van der Waals surface area (Å²) in [5, 5.41) is 11.6. The van der Waals surface area contributed by atoms with Gasteiger partial charge in [-0.2, -0.15) is 0 Å². The summed E-state index contributed by atoms with van der Waals surface area (Å²) in [6, 6.07) is 2.75. The van der Waals surface area contributed by atoms with Gasteiger partial charge in [0, 0.05) is 24.9 Å². The maximum Gasteiger partial charge on any atom is 0.354 e. The van der Waals surface area contributed by atoms with Gasteiger partial charge in [0.25, 0.3) is 5.91 Å². The summed E-state index contributed by atoms with van der Waals surface area (Å²) in [7, 11) is 0. The molecule has 0 saturated heterocycles. The summed E-state index contributed by atoms with van der Waals surface area (Å²) >= 11 is 0. The zero-order chi connectivity index (χ0) is 15.8. The minimum Gasteiger partial charge on any atom is -0.477 e. The van der Waals surface area contributed by atoms with E-state index in [9.17, 15) is 9.59 Å². The maximum absolute atomic E-state index is 12.0. The SMILES string of the molecule is CCOC(CCNC(=O)c1ccnc(C(=O)O)c1)C(C)C. The molecule has 21 heavy (non-hydrogen) atoms. The molecule has 0 aromatic carbocycles. The minimum absolute atomic E-state index is 0.0994. The third-order valence-electron chi connectivity index (χ3n) is 3.08. The predicted molar refractivity (Wildman–Crippen MR) is 78.4 cm³/mol. The van der Waals surface area contributed by atoms with Crippen LogP contribution >= 0.6 is 0 Å². The van der Waals surface area contributed by atoms with E-state index in [4.69, 9.17) is 9.84 Å². The zero-order valence-corrected chi connectivity index (χ0v) is 12.6. The minimum atomic E-state index is -1.15. The standard InChI is InChI=1S/C15H22N2O4/c1-4-21-13(10(2)3)6-8-17-14(18)11-5-7-16-12(9-11)15(19)20/h5,7,9-10,13H,4,6,8H2,1-3H3,(H,17,18)(H,19,20). The molecule has 1 rings (SSSR count). The van der Waals surface area contributed by atoms with Crippen LogP contribution in [0, 0.1) is 5.92 Å². The highest BCUT2D eigenvalue weighted by atomic mass is 16.5. The van der Waals surface area contributed by atoms with Crippen LogP contribution in [0.25, 0.3) is 0 Å². The molecule has 0 aliphatic heterocycles. The quantitative estimate of drug-likeness (QED) is 0.765. The van der Waals surface area contributed by atoms with Gasteiger partial charge in [-0.05, 0) is 31.4 Å². The van der Waals surface area contributed by atoms with Crippen molar-refractivity contribution in [2.75, 3.05) is 13.2 Å². The first-order valence-corrected chi connectivity index (χ1v) is 7.04. The van der Waals surface area contributed by atoms with Crippen molar-refractivity contribution in [2.24, 2.45) is 5.92 Å². The molecular formula is C15H22N2O4. The van der Waals surface area contributed by atoms with Gasteiger partial charge in [0.05, 0.1) is 6.10 Å². The fraction of sp³-hybridized carbons (Fsp3) is 0.533. The van der Waals surface area contributed by atoms with E-state index in [-0.39, 0.29) is 17.7 Å². The lowest BCUT2D eigenvalue weighted by molar-refractivity contribution is 0.0251. The van der Waals surface area contributed by atoms with Crippen molar-refractivity contribution >= 4 is 11.9 Å². The Morgan fingerprint density at radius 3 is 2.71 bits per heavy atom.